The second kappa shape index (κ2) is 13.3. The molecule has 2 aromatic rings. The van der Waals surface area contributed by atoms with Crippen molar-refractivity contribution in [3.05, 3.63) is 59.2 Å². The van der Waals surface area contributed by atoms with Crippen molar-refractivity contribution in [1.29, 1.82) is 0 Å². The third-order valence-electron chi connectivity index (χ3n) is 3.50. The zero-order chi connectivity index (χ0) is 17.0. The smallest absolute Gasteiger partial charge is 0.426 e. The van der Waals surface area contributed by atoms with Crippen LogP contribution < -0.4 is 5.46 Å². The Labute approximate surface area is 223 Å². The van der Waals surface area contributed by atoms with Crippen LogP contribution in [0.4, 0.5) is 0 Å². The maximum absolute atomic E-state index is 8.86. The number of rotatable bonds is 1. The average molecular weight is 698 g/mol. The van der Waals surface area contributed by atoms with Crippen LogP contribution in [0.15, 0.2) is 12.1 Å². The summed E-state index contributed by atoms with van der Waals surface area (Å²) in [4.78, 5) is 0. The summed E-state index contributed by atoms with van der Waals surface area (Å²) in [6.07, 6.45) is 0. The maximum atomic E-state index is 8.86. The standard InChI is InChI=1S/C9H11BO2.C8H8I2.2Y/c1-6-4-9(10(11)12)5-7(2)8(6)3;1-5-3-4-6(2)8(10)7(5)9;;/h11-12H,1-3H3;3-4H,1-2H3;;/q-2;;;. The van der Waals surface area contributed by atoms with E-state index in [2.05, 4.69) is 83.3 Å². The first-order valence-electron chi connectivity index (χ1n) is 6.84. The summed E-state index contributed by atoms with van der Waals surface area (Å²) in [6, 6.07) is 10.1. The van der Waals surface area contributed by atoms with E-state index in [1.807, 2.05) is 20.8 Å². The molecule has 124 valence electrons. The van der Waals surface area contributed by atoms with Crippen molar-refractivity contribution in [3.63, 3.8) is 0 Å². The summed E-state index contributed by atoms with van der Waals surface area (Å²) in [5.74, 6) is 0. The van der Waals surface area contributed by atoms with Gasteiger partial charge in [-0.25, -0.2) is 0 Å². The minimum atomic E-state index is -1.47. The maximum Gasteiger partial charge on any atom is 0.437 e. The van der Waals surface area contributed by atoms with Crippen molar-refractivity contribution >= 4 is 57.8 Å². The Kier molecular flexibility index (Phi) is 15.7. The van der Waals surface area contributed by atoms with Crippen molar-refractivity contribution < 1.29 is 75.5 Å². The topological polar surface area (TPSA) is 40.5 Å². The third-order valence-corrected chi connectivity index (χ3v) is 7.31. The molecule has 0 amide bonds. The van der Waals surface area contributed by atoms with E-state index in [0.717, 1.165) is 16.7 Å². The van der Waals surface area contributed by atoms with Crippen LogP contribution in [0.1, 0.15) is 27.8 Å². The van der Waals surface area contributed by atoms with Gasteiger partial charge < -0.3 is 22.2 Å². The predicted molar refractivity (Wildman–Crippen MR) is 110 cm³/mol. The van der Waals surface area contributed by atoms with Crippen LogP contribution in [0.2, 0.25) is 0 Å². The van der Waals surface area contributed by atoms with E-state index in [-0.39, 0.29) is 65.4 Å². The van der Waals surface area contributed by atoms with Gasteiger partial charge in [0, 0.05) is 72.6 Å². The van der Waals surface area contributed by atoms with Gasteiger partial charge in [-0.15, -0.1) is 6.92 Å². The van der Waals surface area contributed by atoms with Crippen LogP contribution in [0.5, 0.6) is 0 Å². The average Bonchev–Trinajstić information content (AvgIpc) is 2.46. The summed E-state index contributed by atoms with van der Waals surface area (Å²) in [7, 11) is -1.47. The molecule has 0 bridgehead atoms. The number of benzene rings is 2. The van der Waals surface area contributed by atoms with Gasteiger partial charge >= 0.3 is 7.12 Å². The summed E-state index contributed by atoms with van der Waals surface area (Å²) >= 11 is 4.77. The molecule has 7 heteroatoms. The quantitative estimate of drug-likeness (QED) is 0.273. The Balaban J connectivity index is 0. The van der Waals surface area contributed by atoms with Gasteiger partial charge in [0.2, 0.25) is 0 Å². The molecular formula is C17H19BI2O2Y2-2. The molecule has 0 spiro atoms. The Morgan fingerprint density at radius 3 is 1.42 bits per heavy atom. The molecular weight excluding hydrogens is 679 g/mol. The summed E-state index contributed by atoms with van der Waals surface area (Å²) in [5, 5.41) is 17.7. The number of hydrogen-bond acceptors (Lipinski definition) is 2. The first-order chi connectivity index (χ1) is 10.1. The van der Waals surface area contributed by atoms with Crippen LogP contribution in [0, 0.1) is 53.9 Å². The minimum Gasteiger partial charge on any atom is -0.426 e. The molecule has 2 rings (SSSR count). The molecule has 0 aliphatic rings. The molecule has 2 N–H and O–H groups in total. The van der Waals surface area contributed by atoms with Gasteiger partial charge in [-0.1, -0.05) is 26.0 Å². The molecule has 2 aromatic carbocycles. The fourth-order valence-electron chi connectivity index (χ4n) is 1.78. The number of hydrogen-bond donors (Lipinski definition) is 2. The summed E-state index contributed by atoms with van der Waals surface area (Å²) in [5.41, 5.74) is 6.03. The second-order valence-corrected chi connectivity index (χ2v) is 7.40. The summed E-state index contributed by atoms with van der Waals surface area (Å²) < 4.78 is 2.77. The van der Waals surface area contributed by atoms with Gasteiger partial charge in [-0.3, -0.25) is 22.2 Å². The van der Waals surface area contributed by atoms with Crippen molar-refractivity contribution in [1.82, 2.24) is 0 Å². The van der Waals surface area contributed by atoms with E-state index >= 15 is 0 Å². The van der Waals surface area contributed by atoms with Crippen molar-refractivity contribution in [2.24, 2.45) is 0 Å². The molecule has 0 saturated heterocycles. The second-order valence-electron chi connectivity index (χ2n) is 5.24. The SMILES string of the molecule is Cc1[c-]c(B(O)O)[c-]c(C)c1C.Cc1ccc(C)c(I)c1I.[Y].[Y]. The van der Waals surface area contributed by atoms with Gasteiger partial charge in [0.15, 0.2) is 0 Å². The molecule has 0 aromatic heterocycles. The van der Waals surface area contributed by atoms with Crippen molar-refractivity contribution in [2.75, 3.05) is 0 Å². The number of aryl methyl sites for hydroxylation is 4. The predicted octanol–water partition coefficient (Wildman–Crippen LogP) is 3.40. The molecule has 0 unspecified atom stereocenters. The Morgan fingerprint density at radius 1 is 0.792 bits per heavy atom. The van der Waals surface area contributed by atoms with Gasteiger partial charge in [0.25, 0.3) is 0 Å². The zero-order valence-electron chi connectivity index (χ0n) is 14.5. The Bertz CT molecular complexity index is 630. The molecule has 0 fully saturated rings. The fourth-order valence-corrected chi connectivity index (χ4v) is 2.99. The molecule has 2 radical (unpaired) electrons. The van der Waals surface area contributed by atoms with E-state index in [1.165, 1.54) is 18.3 Å². The Morgan fingerprint density at radius 2 is 1.12 bits per heavy atom. The van der Waals surface area contributed by atoms with Crippen LogP contribution in [0.25, 0.3) is 0 Å². The molecule has 2 nitrogen and oxygen atoms in total. The van der Waals surface area contributed by atoms with E-state index in [9.17, 15) is 0 Å². The normalized spacial score (nSPS) is 9.21. The van der Waals surface area contributed by atoms with Crippen LogP contribution in [-0.2, 0) is 65.4 Å². The van der Waals surface area contributed by atoms with E-state index in [0.29, 0.717) is 5.46 Å². The molecule has 0 heterocycles. The van der Waals surface area contributed by atoms with Crippen molar-refractivity contribution in [2.45, 2.75) is 34.6 Å². The molecule has 0 aliphatic heterocycles. The van der Waals surface area contributed by atoms with E-state index < -0.39 is 7.12 Å². The third kappa shape index (κ3) is 8.41. The Hall–Kier alpha value is 2.09. The van der Waals surface area contributed by atoms with Gasteiger partial charge in [-0.2, -0.15) is 0 Å². The minimum absolute atomic E-state index is 0. The van der Waals surface area contributed by atoms with Crippen LogP contribution in [0.3, 0.4) is 0 Å². The van der Waals surface area contributed by atoms with Crippen LogP contribution in [-0.4, -0.2) is 17.2 Å². The van der Waals surface area contributed by atoms with E-state index in [1.54, 1.807) is 0 Å². The first-order valence-corrected chi connectivity index (χ1v) is 9.00. The summed E-state index contributed by atoms with van der Waals surface area (Å²) in [6.45, 7) is 10.0. The number of halogens is 2. The zero-order valence-corrected chi connectivity index (χ0v) is 24.5. The van der Waals surface area contributed by atoms with E-state index in [4.69, 9.17) is 10.0 Å². The molecule has 24 heavy (non-hydrogen) atoms. The van der Waals surface area contributed by atoms with Gasteiger partial charge in [0.05, 0.1) is 0 Å². The van der Waals surface area contributed by atoms with Crippen molar-refractivity contribution in [3.8, 4) is 0 Å². The van der Waals surface area contributed by atoms with Crippen LogP contribution >= 0.6 is 45.2 Å². The van der Waals surface area contributed by atoms with Gasteiger partial charge in [0.1, 0.15) is 0 Å². The van der Waals surface area contributed by atoms with Gasteiger partial charge in [-0.05, 0) is 70.2 Å². The first kappa shape index (κ1) is 28.3. The largest absolute Gasteiger partial charge is 0.437 e. The fraction of sp³-hybridized carbons (Fsp3) is 0.294. The molecule has 0 aliphatic carbocycles. The monoisotopic (exact) mass is 698 g/mol. The molecule has 0 atom stereocenters. The molecule has 0 saturated carbocycles.